The van der Waals surface area contributed by atoms with Crippen molar-refractivity contribution in [1.29, 1.82) is 0 Å². The van der Waals surface area contributed by atoms with Gasteiger partial charge in [0.05, 0.1) is 10.6 Å². The third-order valence-electron chi connectivity index (χ3n) is 3.49. The first-order valence-electron chi connectivity index (χ1n) is 6.99. The van der Waals surface area contributed by atoms with E-state index in [1.165, 1.54) is 5.56 Å². The Morgan fingerprint density at radius 1 is 1.19 bits per heavy atom. The fourth-order valence-corrected chi connectivity index (χ4v) is 3.07. The molecule has 0 aliphatic rings. The molecule has 0 saturated heterocycles. The average Bonchev–Trinajstić information content (AvgIpc) is 3.15. The summed E-state index contributed by atoms with van der Waals surface area (Å²) >= 11 is 1.67. The molecule has 2 heterocycles. The molecule has 0 aliphatic heterocycles. The molecule has 0 saturated carbocycles. The standard InChI is InChI=1S/C16H18N4S/c1-11(2)12-5-7-13(8-6-12)20-16(14(10-17)18-19-20)15-4-3-9-21-15/h3-9,11H,10,17H2,1-2H3. The largest absolute Gasteiger partial charge is 0.325 e. The van der Waals surface area contributed by atoms with Gasteiger partial charge in [-0.15, -0.1) is 16.4 Å². The highest BCUT2D eigenvalue weighted by Crippen LogP contribution is 2.29. The van der Waals surface area contributed by atoms with E-state index in [0.717, 1.165) is 22.0 Å². The number of aromatic nitrogens is 3. The Bertz CT molecular complexity index is 711. The minimum absolute atomic E-state index is 0.386. The quantitative estimate of drug-likeness (QED) is 0.801. The maximum absolute atomic E-state index is 5.80. The molecule has 0 unspecified atom stereocenters. The molecule has 3 rings (SSSR count). The zero-order chi connectivity index (χ0) is 14.8. The fraction of sp³-hybridized carbons (Fsp3) is 0.250. The van der Waals surface area contributed by atoms with Crippen molar-refractivity contribution in [2.45, 2.75) is 26.3 Å². The molecule has 0 amide bonds. The molecule has 0 bridgehead atoms. The SMILES string of the molecule is CC(C)c1ccc(-n2nnc(CN)c2-c2cccs2)cc1. The van der Waals surface area contributed by atoms with E-state index < -0.39 is 0 Å². The summed E-state index contributed by atoms with van der Waals surface area (Å²) in [5, 5.41) is 10.6. The van der Waals surface area contributed by atoms with Crippen LogP contribution in [0.5, 0.6) is 0 Å². The van der Waals surface area contributed by atoms with Gasteiger partial charge in [0.2, 0.25) is 0 Å². The summed E-state index contributed by atoms with van der Waals surface area (Å²) in [7, 11) is 0. The normalized spacial score (nSPS) is 11.2. The number of hydrogen-bond acceptors (Lipinski definition) is 4. The van der Waals surface area contributed by atoms with Crippen LogP contribution >= 0.6 is 11.3 Å². The third-order valence-corrected chi connectivity index (χ3v) is 4.37. The molecule has 21 heavy (non-hydrogen) atoms. The highest BCUT2D eigenvalue weighted by Gasteiger charge is 2.16. The van der Waals surface area contributed by atoms with Gasteiger partial charge in [-0.25, -0.2) is 4.68 Å². The molecule has 0 spiro atoms. The lowest BCUT2D eigenvalue weighted by molar-refractivity contribution is 0.797. The van der Waals surface area contributed by atoms with Crippen LogP contribution in [0.15, 0.2) is 41.8 Å². The third kappa shape index (κ3) is 2.62. The van der Waals surface area contributed by atoms with Gasteiger partial charge >= 0.3 is 0 Å². The van der Waals surface area contributed by atoms with Gasteiger partial charge < -0.3 is 5.73 Å². The van der Waals surface area contributed by atoms with Gasteiger partial charge in [0.1, 0.15) is 11.4 Å². The second-order valence-electron chi connectivity index (χ2n) is 5.22. The van der Waals surface area contributed by atoms with Gasteiger partial charge in [-0.1, -0.05) is 37.3 Å². The van der Waals surface area contributed by atoms with E-state index in [4.69, 9.17) is 5.73 Å². The van der Waals surface area contributed by atoms with E-state index in [1.807, 2.05) is 10.7 Å². The van der Waals surface area contributed by atoms with Crippen LogP contribution in [0.25, 0.3) is 16.3 Å². The molecule has 4 nitrogen and oxygen atoms in total. The first kappa shape index (κ1) is 14.0. The van der Waals surface area contributed by atoms with Gasteiger partial charge in [-0.3, -0.25) is 0 Å². The minimum Gasteiger partial charge on any atom is -0.325 e. The predicted molar refractivity (Wildman–Crippen MR) is 86.7 cm³/mol. The summed E-state index contributed by atoms with van der Waals surface area (Å²) < 4.78 is 1.87. The summed E-state index contributed by atoms with van der Waals surface area (Å²) in [6, 6.07) is 12.5. The van der Waals surface area contributed by atoms with Crippen LogP contribution in [0.2, 0.25) is 0 Å². The van der Waals surface area contributed by atoms with E-state index in [1.54, 1.807) is 11.3 Å². The van der Waals surface area contributed by atoms with E-state index in [0.29, 0.717) is 12.5 Å². The van der Waals surface area contributed by atoms with Gasteiger partial charge in [0.25, 0.3) is 0 Å². The summed E-state index contributed by atoms with van der Waals surface area (Å²) in [4.78, 5) is 1.13. The molecule has 3 aromatic rings. The van der Waals surface area contributed by atoms with Crippen molar-refractivity contribution in [1.82, 2.24) is 15.0 Å². The molecule has 2 aromatic heterocycles. The lowest BCUT2D eigenvalue weighted by atomic mass is 10.0. The van der Waals surface area contributed by atoms with Crippen molar-refractivity contribution >= 4 is 11.3 Å². The van der Waals surface area contributed by atoms with Crippen LogP contribution in [0.1, 0.15) is 31.0 Å². The fourth-order valence-electron chi connectivity index (χ4n) is 2.29. The minimum atomic E-state index is 0.386. The Morgan fingerprint density at radius 2 is 1.95 bits per heavy atom. The van der Waals surface area contributed by atoms with E-state index in [-0.39, 0.29) is 0 Å². The van der Waals surface area contributed by atoms with Gasteiger partial charge in [0.15, 0.2) is 0 Å². The second kappa shape index (κ2) is 5.79. The first-order valence-corrected chi connectivity index (χ1v) is 7.87. The van der Waals surface area contributed by atoms with Crippen molar-refractivity contribution in [3.8, 4) is 16.3 Å². The van der Waals surface area contributed by atoms with E-state index in [2.05, 4.69) is 59.9 Å². The topological polar surface area (TPSA) is 56.7 Å². The number of benzene rings is 1. The Kier molecular flexibility index (Phi) is 3.86. The number of hydrogen-bond donors (Lipinski definition) is 1. The van der Waals surface area contributed by atoms with Crippen molar-refractivity contribution in [2.24, 2.45) is 5.73 Å². The van der Waals surface area contributed by atoms with Crippen LogP contribution in [0, 0.1) is 0 Å². The van der Waals surface area contributed by atoms with Crippen LogP contribution in [-0.4, -0.2) is 15.0 Å². The van der Waals surface area contributed by atoms with Crippen LogP contribution in [-0.2, 0) is 6.54 Å². The molecule has 0 fully saturated rings. The predicted octanol–water partition coefficient (Wildman–Crippen LogP) is 3.58. The maximum atomic E-state index is 5.80. The van der Waals surface area contributed by atoms with Crippen molar-refractivity contribution in [2.75, 3.05) is 0 Å². The summed E-state index contributed by atoms with van der Waals surface area (Å²) in [5.41, 5.74) is 9.94. The number of thiophene rings is 1. The first-order chi connectivity index (χ1) is 10.2. The summed E-state index contributed by atoms with van der Waals surface area (Å²) in [6.07, 6.45) is 0. The number of rotatable bonds is 4. The van der Waals surface area contributed by atoms with Gasteiger partial charge in [-0.05, 0) is 35.1 Å². The lowest BCUT2D eigenvalue weighted by Crippen LogP contribution is -2.02. The Hall–Kier alpha value is -1.98. The Balaban J connectivity index is 2.08. The zero-order valence-corrected chi connectivity index (χ0v) is 13.0. The van der Waals surface area contributed by atoms with E-state index in [9.17, 15) is 0 Å². The van der Waals surface area contributed by atoms with Crippen LogP contribution < -0.4 is 5.73 Å². The lowest BCUT2D eigenvalue weighted by Gasteiger charge is -2.09. The van der Waals surface area contributed by atoms with Gasteiger partial charge in [-0.2, -0.15) is 0 Å². The molecular formula is C16H18N4S. The average molecular weight is 298 g/mol. The zero-order valence-electron chi connectivity index (χ0n) is 12.2. The van der Waals surface area contributed by atoms with E-state index >= 15 is 0 Å². The van der Waals surface area contributed by atoms with Crippen molar-refractivity contribution in [3.05, 3.63) is 53.0 Å². The number of nitrogens with two attached hydrogens (primary N) is 1. The monoisotopic (exact) mass is 298 g/mol. The molecule has 108 valence electrons. The number of nitrogens with zero attached hydrogens (tertiary/aromatic N) is 3. The highest BCUT2D eigenvalue weighted by atomic mass is 32.1. The highest BCUT2D eigenvalue weighted by molar-refractivity contribution is 7.13. The molecule has 0 atom stereocenters. The second-order valence-corrected chi connectivity index (χ2v) is 6.17. The van der Waals surface area contributed by atoms with Crippen molar-refractivity contribution in [3.63, 3.8) is 0 Å². The molecule has 1 aromatic carbocycles. The molecule has 5 heteroatoms. The summed E-state index contributed by atoms with van der Waals surface area (Å²) in [5.74, 6) is 0.520. The molecule has 0 aliphatic carbocycles. The van der Waals surface area contributed by atoms with Crippen molar-refractivity contribution < 1.29 is 0 Å². The smallest absolute Gasteiger partial charge is 0.109 e. The summed E-state index contributed by atoms with van der Waals surface area (Å²) in [6.45, 7) is 4.76. The molecular weight excluding hydrogens is 280 g/mol. The van der Waals surface area contributed by atoms with Gasteiger partial charge in [0, 0.05) is 6.54 Å². The Labute approximate surface area is 128 Å². The molecule has 2 N–H and O–H groups in total. The van der Waals surface area contributed by atoms with Crippen LogP contribution in [0.3, 0.4) is 0 Å². The van der Waals surface area contributed by atoms with Crippen LogP contribution in [0.4, 0.5) is 0 Å². The molecule has 0 radical (unpaired) electrons. The maximum Gasteiger partial charge on any atom is 0.109 e. The Morgan fingerprint density at radius 3 is 2.52 bits per heavy atom.